The van der Waals surface area contributed by atoms with Crippen molar-refractivity contribution in [2.75, 3.05) is 12.3 Å². The van der Waals surface area contributed by atoms with E-state index >= 15 is 0 Å². The number of nitrogens with zero attached hydrogens (tertiary/aromatic N) is 1. The van der Waals surface area contributed by atoms with Gasteiger partial charge in [-0.1, -0.05) is 65.7 Å². The number of urea groups is 1. The Morgan fingerprint density at radius 3 is 2.18 bits per heavy atom. The minimum absolute atomic E-state index is 0.0540. The Labute approximate surface area is 264 Å². The molecule has 1 aromatic carbocycles. The molecule has 0 radical (unpaired) electrons. The molecular formula is C32H45N5O7S. The number of fused-ring (bicyclic) bond motifs is 1. The number of Topliss-reactive ketones (excluding diaryl/α,β-unsaturated/α-hetero) is 1. The lowest BCUT2D eigenvalue weighted by Gasteiger charge is -2.38. The number of amides is 5. The third-order valence-electron chi connectivity index (χ3n) is 10.1. The number of hydrogen-bond acceptors (Lipinski definition) is 7. The predicted octanol–water partition coefficient (Wildman–Crippen LogP) is 1.53. The van der Waals surface area contributed by atoms with Crippen LogP contribution in [0.2, 0.25) is 0 Å². The fraction of sp³-hybridized carbons (Fsp3) is 0.656. The Kier molecular flexibility index (Phi) is 8.33. The number of hydrogen-bond donors (Lipinski definition) is 4. The van der Waals surface area contributed by atoms with Gasteiger partial charge in [-0.15, -0.1) is 0 Å². The lowest BCUT2D eigenvalue weighted by molar-refractivity contribution is -0.145. The van der Waals surface area contributed by atoms with Crippen LogP contribution in [0.1, 0.15) is 66.7 Å². The van der Waals surface area contributed by atoms with Gasteiger partial charge in [-0.3, -0.25) is 19.2 Å². The molecule has 45 heavy (non-hydrogen) atoms. The van der Waals surface area contributed by atoms with Crippen molar-refractivity contribution < 1.29 is 32.4 Å². The zero-order valence-electron chi connectivity index (χ0n) is 26.6. The minimum Gasteiger partial charge on any atom is -0.363 e. The van der Waals surface area contributed by atoms with Gasteiger partial charge in [0, 0.05) is 6.54 Å². The average Bonchev–Trinajstić information content (AvgIpc) is 3.91. The second-order valence-electron chi connectivity index (χ2n) is 15.1. The molecule has 1 heterocycles. The highest BCUT2D eigenvalue weighted by atomic mass is 32.2. The molecule has 0 aromatic heterocycles. The molecule has 1 aromatic rings. The van der Waals surface area contributed by atoms with Crippen LogP contribution in [-0.4, -0.2) is 78.8 Å². The first-order chi connectivity index (χ1) is 20.9. The van der Waals surface area contributed by atoms with Gasteiger partial charge in [0.15, 0.2) is 9.84 Å². The number of carbonyl (C=O) groups excluding carboxylic acids is 5. The first kappa shape index (κ1) is 32.9. The lowest BCUT2D eigenvalue weighted by atomic mass is 9.85. The number of benzene rings is 1. The highest BCUT2D eigenvalue weighted by Gasteiger charge is 2.70. The van der Waals surface area contributed by atoms with E-state index in [0.717, 1.165) is 12.8 Å². The number of piperidine rings is 1. The van der Waals surface area contributed by atoms with Gasteiger partial charge in [0.1, 0.15) is 12.1 Å². The number of rotatable bonds is 12. The summed E-state index contributed by atoms with van der Waals surface area (Å²) in [5.74, 6) is -3.05. The molecule has 13 heteroatoms. The minimum atomic E-state index is -3.66. The smallest absolute Gasteiger partial charge is 0.315 e. The maximum Gasteiger partial charge on any atom is 0.315 e. The topological polar surface area (TPSA) is 185 Å². The molecule has 1 aliphatic heterocycles. The molecule has 4 aliphatic rings. The summed E-state index contributed by atoms with van der Waals surface area (Å²) in [6, 6.07) is 4.42. The van der Waals surface area contributed by atoms with E-state index in [1.165, 1.54) is 17.0 Å². The molecule has 0 bridgehead atoms. The number of carbonyl (C=O) groups is 5. The van der Waals surface area contributed by atoms with Gasteiger partial charge in [-0.05, 0) is 60.0 Å². The third kappa shape index (κ3) is 6.87. The van der Waals surface area contributed by atoms with Gasteiger partial charge in [-0.2, -0.15) is 0 Å². The fourth-order valence-corrected chi connectivity index (χ4v) is 8.74. The molecule has 4 fully saturated rings. The molecule has 5 atom stereocenters. The average molecular weight is 644 g/mol. The summed E-state index contributed by atoms with van der Waals surface area (Å²) in [4.78, 5) is 67.3. The molecule has 3 aliphatic carbocycles. The van der Waals surface area contributed by atoms with Crippen LogP contribution in [0.3, 0.4) is 0 Å². The third-order valence-corrected chi connectivity index (χ3v) is 12.0. The van der Waals surface area contributed by atoms with Gasteiger partial charge < -0.3 is 26.6 Å². The van der Waals surface area contributed by atoms with Crippen LogP contribution in [-0.2, 0) is 29.0 Å². The largest absolute Gasteiger partial charge is 0.363 e. The van der Waals surface area contributed by atoms with E-state index in [0.29, 0.717) is 25.8 Å². The standard InChI is InChI=1S/C32H45N5O7S/c1-30(2,3)25(35-29(42)36-32(13-14-32)17-45(43,44)19-9-7-6-8-10-19)28(41)37-16-20-22(31(20,4)5)23(37)27(40)34-21(15-18-11-12-18)24(38)26(33)39/h6-10,18,20-23,25H,11-17H2,1-5H3,(H2,33,39)(H,34,40)(H2,35,36,42)/t20-,21?,22?,23-,25+/m0/s1. The molecule has 5 rings (SSSR count). The van der Waals surface area contributed by atoms with E-state index in [4.69, 9.17) is 5.73 Å². The van der Waals surface area contributed by atoms with E-state index in [-0.39, 0.29) is 33.8 Å². The van der Waals surface area contributed by atoms with Gasteiger partial charge in [0.25, 0.3) is 5.91 Å². The van der Waals surface area contributed by atoms with E-state index < -0.39 is 68.5 Å². The second kappa shape index (κ2) is 11.4. The van der Waals surface area contributed by atoms with Crippen molar-refractivity contribution in [3.63, 3.8) is 0 Å². The number of nitrogens with two attached hydrogens (primary N) is 1. The number of ketones is 1. The molecule has 2 unspecified atom stereocenters. The molecule has 12 nitrogen and oxygen atoms in total. The molecule has 3 saturated carbocycles. The summed E-state index contributed by atoms with van der Waals surface area (Å²) in [5.41, 5.74) is 3.37. The quantitative estimate of drug-likeness (QED) is 0.249. The van der Waals surface area contributed by atoms with Crippen LogP contribution in [0.15, 0.2) is 35.2 Å². The Bertz CT molecular complexity index is 1490. The molecule has 0 spiro atoms. The zero-order chi connectivity index (χ0) is 33.1. The first-order valence-electron chi connectivity index (χ1n) is 15.7. The number of sulfone groups is 1. The summed E-state index contributed by atoms with van der Waals surface area (Å²) in [6.45, 7) is 9.78. The van der Waals surface area contributed by atoms with Crippen molar-refractivity contribution in [3.05, 3.63) is 30.3 Å². The van der Waals surface area contributed by atoms with Gasteiger partial charge in [0.05, 0.1) is 22.2 Å². The van der Waals surface area contributed by atoms with Gasteiger partial charge >= 0.3 is 6.03 Å². The van der Waals surface area contributed by atoms with E-state index in [9.17, 15) is 32.4 Å². The molecule has 246 valence electrons. The summed E-state index contributed by atoms with van der Waals surface area (Å²) in [6.07, 6.45) is 3.11. The van der Waals surface area contributed by atoms with Crippen LogP contribution in [0.4, 0.5) is 4.79 Å². The summed E-state index contributed by atoms with van der Waals surface area (Å²) in [7, 11) is -3.66. The van der Waals surface area contributed by atoms with Crippen LogP contribution in [0, 0.1) is 28.6 Å². The molecule has 5 N–H and O–H groups in total. The van der Waals surface area contributed by atoms with Gasteiger partial charge in [-0.25, -0.2) is 13.2 Å². The van der Waals surface area contributed by atoms with Crippen LogP contribution < -0.4 is 21.7 Å². The number of nitrogens with one attached hydrogen (secondary N) is 3. The number of likely N-dealkylation sites (tertiary alicyclic amines) is 1. The van der Waals surface area contributed by atoms with E-state index in [1.807, 2.05) is 13.8 Å². The van der Waals surface area contributed by atoms with Crippen LogP contribution >= 0.6 is 0 Å². The Morgan fingerprint density at radius 2 is 1.64 bits per heavy atom. The summed E-state index contributed by atoms with van der Waals surface area (Å²) >= 11 is 0. The van der Waals surface area contributed by atoms with E-state index in [2.05, 4.69) is 16.0 Å². The SMILES string of the molecule is CC(C)(C)[C@H](NC(=O)NC1(CS(=O)(=O)c2ccccc2)CC1)C(=O)N1C[C@H]2C([C@H]1C(=O)NC(CC1CC1)C(=O)C(N)=O)C2(C)C. The fourth-order valence-electron chi connectivity index (χ4n) is 6.91. The summed E-state index contributed by atoms with van der Waals surface area (Å²) in [5, 5.41) is 8.35. The monoisotopic (exact) mass is 643 g/mol. The first-order valence-corrected chi connectivity index (χ1v) is 17.3. The highest BCUT2D eigenvalue weighted by Crippen LogP contribution is 2.65. The van der Waals surface area contributed by atoms with Crippen LogP contribution in [0.5, 0.6) is 0 Å². The highest BCUT2D eigenvalue weighted by molar-refractivity contribution is 7.91. The Balaban J connectivity index is 1.30. The second-order valence-corrected chi connectivity index (χ2v) is 17.1. The van der Waals surface area contributed by atoms with E-state index in [1.54, 1.807) is 39.0 Å². The maximum atomic E-state index is 14.2. The van der Waals surface area contributed by atoms with Crippen molar-refractivity contribution in [2.24, 2.45) is 34.3 Å². The normalized spacial score (nSPS) is 25.7. The number of primary amides is 1. The van der Waals surface area contributed by atoms with Crippen LogP contribution in [0.25, 0.3) is 0 Å². The maximum absolute atomic E-state index is 14.2. The lowest BCUT2D eigenvalue weighted by Crippen LogP contribution is -2.62. The molecule has 5 amide bonds. The Hall–Kier alpha value is -3.48. The zero-order valence-corrected chi connectivity index (χ0v) is 27.4. The van der Waals surface area contributed by atoms with Gasteiger partial charge in [0.2, 0.25) is 17.6 Å². The Morgan fingerprint density at radius 1 is 1.02 bits per heavy atom. The van der Waals surface area contributed by atoms with Crippen molar-refractivity contribution in [1.29, 1.82) is 0 Å². The predicted molar refractivity (Wildman–Crippen MR) is 165 cm³/mol. The van der Waals surface area contributed by atoms with Crippen molar-refractivity contribution in [3.8, 4) is 0 Å². The van der Waals surface area contributed by atoms with Crippen molar-refractivity contribution >= 4 is 39.4 Å². The molecular weight excluding hydrogens is 598 g/mol. The van der Waals surface area contributed by atoms with Crippen molar-refractivity contribution in [2.45, 2.75) is 95.3 Å². The van der Waals surface area contributed by atoms with Crippen molar-refractivity contribution in [1.82, 2.24) is 20.9 Å². The summed E-state index contributed by atoms with van der Waals surface area (Å²) < 4.78 is 26.0. The molecule has 1 saturated heterocycles.